The van der Waals surface area contributed by atoms with E-state index in [1.165, 1.54) is 205 Å². The lowest BCUT2D eigenvalue weighted by atomic mass is 9.79. The SMILES string of the molecule is C=C(Cc1cccc(C=Nc2cc(OCCCCCCCCCCCC)c(OCCCCCCCCCCCC)cc2N=Cc2cc(C(C)(C)C)cc(C(C)(C)C)c2O)c1O)Cc1cccc(C=Nc2cc(OCCCCCCCCCCCC)c(OCCCCCCCCCCCC)cc2N=Cc2cc(C(C)(C)C)cc(C(C)(C)C)c2O)c1O. The number of allylic oxidation sites excluding steroid dienone is 1. The van der Waals surface area contributed by atoms with E-state index in [2.05, 4.69) is 129 Å². The molecular formula is C108H164N4O8. The van der Waals surface area contributed by atoms with Crippen molar-refractivity contribution in [1.82, 2.24) is 0 Å². The molecule has 0 unspecified atom stereocenters. The van der Waals surface area contributed by atoms with Crippen LogP contribution in [0.3, 0.4) is 0 Å². The summed E-state index contributed by atoms with van der Waals surface area (Å²) in [6.45, 7) is 41.6. The van der Waals surface area contributed by atoms with Gasteiger partial charge < -0.3 is 39.4 Å². The van der Waals surface area contributed by atoms with Crippen molar-refractivity contribution in [2.24, 2.45) is 20.0 Å². The lowest BCUT2D eigenvalue weighted by molar-refractivity contribution is 0.258. The molecule has 4 N–H and O–H groups in total. The summed E-state index contributed by atoms with van der Waals surface area (Å²) in [5.74, 6) is 2.91. The summed E-state index contributed by atoms with van der Waals surface area (Å²) in [5, 5.41) is 48.5. The Morgan fingerprint density at radius 2 is 0.508 bits per heavy atom. The summed E-state index contributed by atoms with van der Waals surface area (Å²) in [5.41, 5.74) is 9.21. The number of ether oxygens (including phenoxy) is 4. The van der Waals surface area contributed by atoms with Crippen molar-refractivity contribution in [3.63, 3.8) is 0 Å². The third-order valence-corrected chi connectivity index (χ3v) is 23.3. The molecule has 0 radical (unpaired) electrons. The largest absolute Gasteiger partial charge is 0.507 e. The van der Waals surface area contributed by atoms with E-state index in [9.17, 15) is 20.4 Å². The van der Waals surface area contributed by atoms with Gasteiger partial charge >= 0.3 is 0 Å². The molecule has 0 aliphatic heterocycles. The molecule has 0 heterocycles. The van der Waals surface area contributed by atoms with Gasteiger partial charge in [0.1, 0.15) is 23.0 Å². The molecule has 6 aromatic carbocycles. The Kier molecular flexibility index (Phi) is 45.9. The fourth-order valence-electron chi connectivity index (χ4n) is 15.4. The number of phenols is 4. The average Bonchev–Trinajstić information content (AvgIpc) is 0.789. The van der Waals surface area contributed by atoms with Crippen LogP contribution in [-0.2, 0) is 34.5 Å². The molecule has 0 bridgehead atoms. The topological polar surface area (TPSA) is 167 Å². The third kappa shape index (κ3) is 37.1. The summed E-state index contributed by atoms with van der Waals surface area (Å²) >= 11 is 0. The molecule has 0 fully saturated rings. The second-order valence-electron chi connectivity index (χ2n) is 38.5. The van der Waals surface area contributed by atoms with E-state index in [-0.39, 0.29) is 44.7 Å². The maximum absolute atomic E-state index is 12.3. The third-order valence-electron chi connectivity index (χ3n) is 23.3. The summed E-state index contributed by atoms with van der Waals surface area (Å²) in [7, 11) is 0. The van der Waals surface area contributed by atoms with Gasteiger partial charge in [-0.25, -0.2) is 0 Å². The zero-order valence-electron chi connectivity index (χ0n) is 78.3. The number of unbranched alkanes of at least 4 members (excludes halogenated alkanes) is 36. The highest BCUT2D eigenvalue weighted by molar-refractivity contribution is 5.93. The number of phenolic OH excluding ortho intramolecular Hbond substituents is 4. The number of benzene rings is 6. The molecule has 0 atom stereocenters. The highest BCUT2D eigenvalue weighted by Crippen LogP contribution is 2.45. The van der Waals surface area contributed by atoms with Crippen LogP contribution in [0, 0.1) is 0 Å². The predicted octanol–water partition coefficient (Wildman–Crippen LogP) is 32.2. The Morgan fingerprint density at radius 3 is 0.733 bits per heavy atom. The molecule has 120 heavy (non-hydrogen) atoms. The van der Waals surface area contributed by atoms with E-state index in [0.29, 0.717) is 118 Å². The Labute approximate surface area is 730 Å². The molecule has 12 nitrogen and oxygen atoms in total. The van der Waals surface area contributed by atoms with Crippen molar-refractivity contribution in [3.05, 3.63) is 153 Å². The normalized spacial score (nSPS) is 12.4. The van der Waals surface area contributed by atoms with Crippen molar-refractivity contribution in [3.8, 4) is 46.0 Å². The molecule has 6 rings (SSSR count). The van der Waals surface area contributed by atoms with Gasteiger partial charge in [-0.05, 0) is 107 Å². The Morgan fingerprint density at radius 1 is 0.283 bits per heavy atom. The average molecular weight is 1650 g/mol. The van der Waals surface area contributed by atoms with E-state index in [4.69, 9.17) is 38.9 Å². The van der Waals surface area contributed by atoms with Crippen molar-refractivity contribution in [2.75, 3.05) is 26.4 Å². The van der Waals surface area contributed by atoms with Crippen LogP contribution in [0.4, 0.5) is 22.7 Å². The van der Waals surface area contributed by atoms with Gasteiger partial charge in [0.15, 0.2) is 23.0 Å². The quantitative estimate of drug-likeness (QED) is 0.0166. The molecule has 0 saturated heterocycles. The number of aliphatic imine (C=N–C) groups is 4. The number of nitrogens with zero attached hydrogens (tertiary/aromatic N) is 4. The molecule has 6 aromatic rings. The van der Waals surface area contributed by atoms with Crippen LogP contribution in [-0.4, -0.2) is 71.7 Å². The van der Waals surface area contributed by atoms with Gasteiger partial charge in [-0.3, -0.25) is 20.0 Å². The van der Waals surface area contributed by atoms with Gasteiger partial charge in [0.05, 0.1) is 49.2 Å². The number of hydrogen-bond acceptors (Lipinski definition) is 12. The van der Waals surface area contributed by atoms with Crippen molar-refractivity contribution >= 4 is 47.6 Å². The zero-order chi connectivity index (χ0) is 87.2. The van der Waals surface area contributed by atoms with Gasteiger partial charge in [-0.15, -0.1) is 0 Å². The van der Waals surface area contributed by atoms with Crippen molar-refractivity contribution < 1.29 is 39.4 Å². The summed E-state index contributed by atoms with van der Waals surface area (Å²) in [6, 6.07) is 27.3. The molecule has 0 saturated carbocycles. The van der Waals surface area contributed by atoms with Crippen LogP contribution < -0.4 is 18.9 Å². The lowest BCUT2D eigenvalue weighted by Crippen LogP contribution is -2.17. The molecule has 0 aliphatic rings. The fraction of sp³-hybridized carbons (Fsp3) is 0.611. The Bertz CT molecular complexity index is 3820. The number of aromatic hydroxyl groups is 4. The first-order valence-corrected chi connectivity index (χ1v) is 47.7. The predicted molar refractivity (Wildman–Crippen MR) is 515 cm³/mol. The van der Waals surface area contributed by atoms with Gasteiger partial charge in [-0.2, -0.15) is 0 Å². The van der Waals surface area contributed by atoms with Gasteiger partial charge in [0.25, 0.3) is 0 Å². The molecule has 0 aliphatic carbocycles. The monoisotopic (exact) mass is 1650 g/mol. The van der Waals surface area contributed by atoms with E-state index in [1.54, 1.807) is 24.9 Å². The molecule has 664 valence electrons. The Balaban J connectivity index is 1.33. The van der Waals surface area contributed by atoms with Crippen molar-refractivity contribution in [2.45, 2.75) is 402 Å². The van der Waals surface area contributed by atoms with E-state index in [1.807, 2.05) is 72.8 Å². The number of hydrogen-bond donors (Lipinski definition) is 4. The van der Waals surface area contributed by atoms with Crippen molar-refractivity contribution in [1.29, 1.82) is 0 Å². The smallest absolute Gasteiger partial charge is 0.163 e. The molecule has 0 amide bonds. The first kappa shape index (κ1) is 101. The minimum Gasteiger partial charge on any atom is -0.507 e. The second kappa shape index (κ2) is 54.6. The van der Waals surface area contributed by atoms with Crippen LogP contribution in [0.1, 0.15) is 423 Å². The zero-order valence-corrected chi connectivity index (χ0v) is 78.3. The van der Waals surface area contributed by atoms with Gasteiger partial charge in [-0.1, -0.05) is 390 Å². The van der Waals surface area contributed by atoms with Crippen LogP contribution >= 0.6 is 0 Å². The highest BCUT2D eigenvalue weighted by Gasteiger charge is 2.28. The van der Waals surface area contributed by atoms with E-state index in [0.717, 1.165) is 79.2 Å². The van der Waals surface area contributed by atoms with Crippen LogP contribution in [0.5, 0.6) is 46.0 Å². The van der Waals surface area contributed by atoms with E-state index >= 15 is 0 Å². The van der Waals surface area contributed by atoms with Gasteiger partial charge in [0, 0.05) is 82.5 Å². The first-order valence-electron chi connectivity index (χ1n) is 47.7. The summed E-state index contributed by atoms with van der Waals surface area (Å²) in [4.78, 5) is 20.6. The molecule has 12 heteroatoms. The molecule has 0 aromatic heterocycles. The molecule has 0 spiro atoms. The van der Waals surface area contributed by atoms with Crippen LogP contribution in [0.25, 0.3) is 0 Å². The maximum Gasteiger partial charge on any atom is 0.163 e. The first-order chi connectivity index (χ1) is 57.6. The lowest BCUT2D eigenvalue weighted by Gasteiger charge is -2.27. The summed E-state index contributed by atoms with van der Waals surface area (Å²) in [6.07, 6.45) is 56.4. The van der Waals surface area contributed by atoms with E-state index < -0.39 is 0 Å². The minimum atomic E-state index is -0.337. The summed E-state index contributed by atoms with van der Waals surface area (Å²) < 4.78 is 26.8. The second-order valence-corrected chi connectivity index (χ2v) is 38.5. The van der Waals surface area contributed by atoms with Crippen LogP contribution in [0.2, 0.25) is 0 Å². The standard InChI is InChI=1S/C108H164N4O8/c1-18-22-26-30-34-38-42-46-50-54-64-117-97-74-93(95(76-99(97)119-66-56-52-48-44-40-36-32-28-24-20-3)111-80-87-70-89(105(6,7)8)72-91(103(87)115)107(12,13)14)109-78-85-62-58-60-83(101(85)113)68-82(5)69-84-61-59-63-86(102(84)114)79-110-94-75-98(118-65-55-51-47-43-39-35-31-27-23-19-2)100(120-67-57-53-49-45-41-37-33-29-25-21-4)77-96(94)112-81-88-71-90(106(9,10)11)73-92(104(88)116)108(15,16)17/h58-63,70-81,113-116H,5,18-57,64-69H2,1-4,6-17H3. The van der Waals surface area contributed by atoms with Gasteiger partial charge in [0.2, 0.25) is 0 Å². The number of para-hydroxylation sites is 2. The van der Waals surface area contributed by atoms with Crippen LogP contribution in [0.15, 0.2) is 117 Å². The minimum absolute atomic E-state index is 0.0670. The number of rotatable bonds is 60. The highest BCUT2D eigenvalue weighted by atomic mass is 16.5. The molecular weight excluding hydrogens is 1480 g/mol. The fourth-order valence-corrected chi connectivity index (χ4v) is 15.4. The maximum atomic E-state index is 12.3. The Hall–Kier alpha value is -7.86.